The molecule has 2 N–H and O–H groups in total. The second-order valence-corrected chi connectivity index (χ2v) is 4.90. The summed E-state index contributed by atoms with van der Waals surface area (Å²) in [7, 11) is 1.62. The quantitative estimate of drug-likeness (QED) is 0.273. The molecular formula is C16H22F2IN5O. The Morgan fingerprint density at radius 2 is 2.04 bits per heavy atom. The van der Waals surface area contributed by atoms with Crippen LogP contribution in [0.25, 0.3) is 0 Å². The molecule has 0 aliphatic carbocycles. The molecule has 138 valence electrons. The van der Waals surface area contributed by atoms with Crippen molar-refractivity contribution in [3.05, 3.63) is 48.5 Å². The van der Waals surface area contributed by atoms with Crippen LogP contribution in [0.15, 0.2) is 47.7 Å². The van der Waals surface area contributed by atoms with Gasteiger partial charge in [0.25, 0.3) is 0 Å². The summed E-state index contributed by atoms with van der Waals surface area (Å²) >= 11 is 0. The first-order valence-corrected chi connectivity index (χ1v) is 7.63. The molecular weight excluding hydrogens is 443 g/mol. The van der Waals surface area contributed by atoms with Gasteiger partial charge < -0.3 is 15.4 Å². The van der Waals surface area contributed by atoms with Gasteiger partial charge in [-0.3, -0.25) is 9.56 Å². The maximum absolute atomic E-state index is 12.7. The van der Waals surface area contributed by atoms with Crippen LogP contribution in [0.5, 0.6) is 5.75 Å². The van der Waals surface area contributed by atoms with Gasteiger partial charge in [-0.25, -0.2) is 4.98 Å². The maximum atomic E-state index is 12.7. The number of nitrogens with one attached hydrogen (secondary N) is 2. The van der Waals surface area contributed by atoms with Crippen molar-refractivity contribution in [3.63, 3.8) is 0 Å². The number of hydrogen-bond donors (Lipinski definition) is 2. The number of aromatic nitrogens is 2. The van der Waals surface area contributed by atoms with Crippen molar-refractivity contribution in [2.75, 3.05) is 20.2 Å². The number of ether oxygens (including phenoxy) is 1. The van der Waals surface area contributed by atoms with Gasteiger partial charge >= 0.3 is 6.55 Å². The van der Waals surface area contributed by atoms with Crippen LogP contribution < -0.4 is 15.4 Å². The Morgan fingerprint density at radius 3 is 2.72 bits per heavy atom. The molecule has 1 aromatic heterocycles. The summed E-state index contributed by atoms with van der Waals surface area (Å²) in [6, 6.07) is 9.58. The molecule has 0 amide bonds. The van der Waals surface area contributed by atoms with E-state index in [0.717, 1.165) is 16.7 Å². The minimum Gasteiger partial charge on any atom is -0.494 e. The second kappa shape index (κ2) is 11.6. The van der Waals surface area contributed by atoms with Crippen molar-refractivity contribution >= 4 is 29.9 Å². The van der Waals surface area contributed by atoms with Crippen molar-refractivity contribution in [2.24, 2.45) is 4.99 Å². The smallest absolute Gasteiger partial charge is 0.319 e. The van der Waals surface area contributed by atoms with E-state index in [1.54, 1.807) is 7.05 Å². The van der Waals surface area contributed by atoms with Crippen molar-refractivity contribution in [2.45, 2.75) is 19.5 Å². The predicted molar refractivity (Wildman–Crippen MR) is 104 cm³/mol. The fourth-order valence-electron chi connectivity index (χ4n) is 2.03. The number of halogens is 3. The van der Waals surface area contributed by atoms with Crippen LogP contribution in [0, 0.1) is 0 Å². The lowest BCUT2D eigenvalue weighted by atomic mass is 10.3. The molecule has 1 aromatic carbocycles. The van der Waals surface area contributed by atoms with Crippen LogP contribution in [0.4, 0.5) is 8.78 Å². The van der Waals surface area contributed by atoms with E-state index in [0.29, 0.717) is 19.1 Å². The summed E-state index contributed by atoms with van der Waals surface area (Å²) in [5, 5.41) is 6.06. The van der Waals surface area contributed by atoms with Gasteiger partial charge in [-0.2, -0.15) is 8.78 Å². The molecule has 2 rings (SSSR count). The zero-order valence-corrected chi connectivity index (χ0v) is 16.2. The summed E-state index contributed by atoms with van der Waals surface area (Å²) in [6.07, 6.45) is 3.38. The Kier molecular flexibility index (Phi) is 9.81. The SMILES string of the molecule is CN=C(NCCCOc1ccccc1)NCc1nccn1C(F)F.I. The molecule has 0 fully saturated rings. The van der Waals surface area contributed by atoms with E-state index >= 15 is 0 Å². The van der Waals surface area contributed by atoms with Crippen LogP contribution in [0.2, 0.25) is 0 Å². The number of hydrogen-bond acceptors (Lipinski definition) is 3. The van der Waals surface area contributed by atoms with Gasteiger partial charge in [0.2, 0.25) is 0 Å². The Balaban J connectivity index is 0.00000312. The summed E-state index contributed by atoms with van der Waals surface area (Å²) in [5.74, 6) is 1.61. The first-order valence-electron chi connectivity index (χ1n) is 7.63. The van der Waals surface area contributed by atoms with Gasteiger partial charge in [-0.05, 0) is 18.6 Å². The van der Waals surface area contributed by atoms with Gasteiger partial charge in [0.15, 0.2) is 5.96 Å². The molecule has 2 aromatic rings. The molecule has 0 unspecified atom stereocenters. The summed E-state index contributed by atoms with van der Waals surface area (Å²) in [6.45, 7) is -1.22. The van der Waals surface area contributed by atoms with Crippen LogP contribution >= 0.6 is 24.0 Å². The minimum absolute atomic E-state index is 0. The molecule has 25 heavy (non-hydrogen) atoms. The molecule has 9 heteroatoms. The van der Waals surface area contributed by atoms with E-state index in [1.165, 1.54) is 12.4 Å². The third kappa shape index (κ3) is 7.24. The first kappa shape index (κ1) is 21.1. The fraction of sp³-hybridized carbons (Fsp3) is 0.375. The summed E-state index contributed by atoms with van der Waals surface area (Å²) < 4.78 is 31.9. The van der Waals surface area contributed by atoms with E-state index in [9.17, 15) is 8.78 Å². The average Bonchev–Trinajstić information content (AvgIpc) is 3.07. The Labute approximate surface area is 162 Å². The molecule has 0 atom stereocenters. The third-order valence-corrected chi connectivity index (χ3v) is 3.22. The van der Waals surface area contributed by atoms with Crippen molar-refractivity contribution in [3.8, 4) is 5.75 Å². The normalized spacial score (nSPS) is 11.1. The monoisotopic (exact) mass is 465 g/mol. The highest BCUT2D eigenvalue weighted by Gasteiger charge is 2.11. The highest BCUT2D eigenvalue weighted by Crippen LogP contribution is 2.11. The zero-order chi connectivity index (χ0) is 17.2. The van der Waals surface area contributed by atoms with E-state index in [4.69, 9.17) is 4.74 Å². The van der Waals surface area contributed by atoms with E-state index in [2.05, 4.69) is 20.6 Å². The zero-order valence-electron chi connectivity index (χ0n) is 13.9. The molecule has 1 heterocycles. The standard InChI is InChI=1S/C16H21F2N5O.HI/c1-19-16(22-12-14-20-9-10-23(14)15(17)18)21-8-5-11-24-13-6-3-2-4-7-13;/h2-4,6-7,9-10,15H,5,8,11-12H2,1H3,(H2,19,21,22);1H. The summed E-state index contributed by atoms with van der Waals surface area (Å²) in [4.78, 5) is 7.95. The number of benzene rings is 1. The summed E-state index contributed by atoms with van der Waals surface area (Å²) in [5.41, 5.74) is 0. The van der Waals surface area contributed by atoms with Gasteiger partial charge in [0, 0.05) is 26.0 Å². The van der Waals surface area contributed by atoms with Gasteiger partial charge in [-0.1, -0.05) is 18.2 Å². The Bertz CT molecular complexity index is 636. The molecule has 0 radical (unpaired) electrons. The lowest BCUT2D eigenvalue weighted by Crippen LogP contribution is -2.38. The number of aliphatic imine (C=N–C) groups is 1. The molecule has 0 aliphatic heterocycles. The molecule has 0 spiro atoms. The first-order chi connectivity index (χ1) is 11.7. The van der Waals surface area contributed by atoms with Crippen LogP contribution in [0.1, 0.15) is 18.8 Å². The topological polar surface area (TPSA) is 63.5 Å². The van der Waals surface area contributed by atoms with Gasteiger partial charge in [-0.15, -0.1) is 24.0 Å². The van der Waals surface area contributed by atoms with Crippen molar-refractivity contribution in [1.29, 1.82) is 0 Å². The average molecular weight is 465 g/mol. The van der Waals surface area contributed by atoms with E-state index in [-0.39, 0.29) is 36.3 Å². The highest BCUT2D eigenvalue weighted by atomic mass is 127. The lowest BCUT2D eigenvalue weighted by Gasteiger charge is -2.13. The number of alkyl halides is 2. The van der Waals surface area contributed by atoms with Crippen LogP contribution in [0.3, 0.4) is 0 Å². The van der Waals surface area contributed by atoms with Gasteiger partial charge in [0.05, 0.1) is 13.2 Å². The fourth-order valence-corrected chi connectivity index (χ4v) is 2.03. The molecule has 0 aliphatic rings. The van der Waals surface area contributed by atoms with Gasteiger partial charge in [0.1, 0.15) is 11.6 Å². The van der Waals surface area contributed by atoms with Crippen molar-refractivity contribution < 1.29 is 13.5 Å². The molecule has 0 saturated heterocycles. The van der Waals surface area contributed by atoms with Crippen LogP contribution in [-0.4, -0.2) is 35.7 Å². The lowest BCUT2D eigenvalue weighted by molar-refractivity contribution is 0.0668. The van der Waals surface area contributed by atoms with Crippen molar-refractivity contribution in [1.82, 2.24) is 20.2 Å². The largest absolute Gasteiger partial charge is 0.494 e. The predicted octanol–water partition coefficient (Wildman–Crippen LogP) is 3.03. The number of nitrogens with zero attached hydrogens (tertiary/aromatic N) is 3. The maximum Gasteiger partial charge on any atom is 0.319 e. The Morgan fingerprint density at radius 1 is 1.28 bits per heavy atom. The Hall–Kier alpha value is -1.91. The number of para-hydroxylation sites is 1. The van der Waals surface area contributed by atoms with E-state index in [1.807, 2.05) is 30.3 Å². The molecule has 6 nitrogen and oxygen atoms in total. The third-order valence-electron chi connectivity index (χ3n) is 3.22. The highest BCUT2D eigenvalue weighted by molar-refractivity contribution is 14.0. The van der Waals surface area contributed by atoms with E-state index < -0.39 is 6.55 Å². The van der Waals surface area contributed by atoms with Crippen LogP contribution in [-0.2, 0) is 6.54 Å². The minimum atomic E-state index is -2.60. The number of imidazole rings is 1. The molecule has 0 saturated carbocycles. The number of rotatable bonds is 8. The molecule has 0 bridgehead atoms. The second-order valence-electron chi connectivity index (χ2n) is 4.90. The number of guanidine groups is 1.